The first kappa shape index (κ1) is 18.6. The number of H-pyrrole nitrogens is 1. The lowest BCUT2D eigenvalue weighted by Crippen LogP contribution is -1.88. The van der Waals surface area contributed by atoms with E-state index in [1.807, 2.05) is 0 Å². The minimum atomic E-state index is 0.524. The second kappa shape index (κ2) is 7.68. The summed E-state index contributed by atoms with van der Waals surface area (Å²) in [5.74, 6) is 1.75. The van der Waals surface area contributed by atoms with E-state index < -0.39 is 0 Å². The highest BCUT2D eigenvalue weighted by Gasteiger charge is 2.16. The third-order valence-corrected chi connectivity index (χ3v) is 6.23. The number of benzene rings is 2. The average Bonchev–Trinajstić information content (AvgIpc) is 3.38. The Morgan fingerprint density at radius 3 is 1.86 bits per heavy atom. The molecule has 0 saturated heterocycles. The number of nitrogens with one attached hydrogen (secondary N) is 1. The first-order chi connectivity index (χ1) is 13.5. The second-order valence-electron chi connectivity index (χ2n) is 7.66. The summed E-state index contributed by atoms with van der Waals surface area (Å²) in [6.45, 7) is 8.88. The molecule has 0 atom stereocenters. The van der Waals surface area contributed by atoms with Gasteiger partial charge in [0.15, 0.2) is 5.82 Å². The molecule has 4 nitrogen and oxygen atoms in total. The molecule has 4 rings (SSSR count). The topological polar surface area (TPSA) is 54.5 Å². The van der Waals surface area contributed by atoms with E-state index >= 15 is 0 Å². The van der Waals surface area contributed by atoms with Crippen molar-refractivity contribution >= 4 is 11.3 Å². The fourth-order valence-corrected chi connectivity index (χ4v) is 4.39. The molecule has 0 aliphatic rings. The molecule has 28 heavy (non-hydrogen) atoms. The van der Waals surface area contributed by atoms with Crippen molar-refractivity contribution in [3.05, 3.63) is 65.7 Å². The summed E-state index contributed by atoms with van der Waals surface area (Å²) >= 11 is 1.72. The van der Waals surface area contributed by atoms with Crippen molar-refractivity contribution in [2.24, 2.45) is 0 Å². The van der Waals surface area contributed by atoms with Crippen LogP contribution in [0.5, 0.6) is 0 Å². The SMILES string of the molecule is CC(C)c1ccc(-c2cc(-c3nnn[nH]3)sc2-c2ccc(C(C)C)cc2)cc1. The minimum Gasteiger partial charge on any atom is -0.238 e. The standard InChI is InChI=1S/C23H24N4S/c1-14(2)16-5-9-18(10-6-16)20-13-21(23-24-26-27-25-23)28-22(20)19-11-7-17(8-12-19)15(3)4/h5-15H,1-4H3,(H,24,25,26,27). The number of aromatic nitrogens is 4. The van der Waals surface area contributed by atoms with Crippen LogP contribution in [0.4, 0.5) is 0 Å². The van der Waals surface area contributed by atoms with E-state index in [1.54, 1.807) is 11.3 Å². The number of hydrogen-bond acceptors (Lipinski definition) is 4. The van der Waals surface area contributed by atoms with E-state index in [9.17, 15) is 0 Å². The number of tetrazole rings is 1. The Hall–Kier alpha value is -2.79. The molecule has 2 aromatic carbocycles. The molecule has 142 valence electrons. The first-order valence-electron chi connectivity index (χ1n) is 9.61. The van der Waals surface area contributed by atoms with E-state index in [0.29, 0.717) is 17.7 Å². The van der Waals surface area contributed by atoms with Gasteiger partial charge in [-0.3, -0.25) is 0 Å². The normalized spacial score (nSPS) is 11.5. The zero-order valence-corrected chi connectivity index (χ0v) is 17.4. The Kier molecular flexibility index (Phi) is 5.09. The molecule has 0 bridgehead atoms. The summed E-state index contributed by atoms with van der Waals surface area (Å²) in [6, 6.07) is 19.9. The van der Waals surface area contributed by atoms with Gasteiger partial charge in [0.25, 0.3) is 0 Å². The highest BCUT2D eigenvalue weighted by Crippen LogP contribution is 2.42. The van der Waals surface area contributed by atoms with Crippen LogP contribution in [0.1, 0.15) is 50.7 Å². The minimum absolute atomic E-state index is 0.524. The highest BCUT2D eigenvalue weighted by molar-refractivity contribution is 7.19. The Morgan fingerprint density at radius 1 is 0.786 bits per heavy atom. The van der Waals surface area contributed by atoms with Crippen LogP contribution in [0.25, 0.3) is 32.3 Å². The van der Waals surface area contributed by atoms with Gasteiger partial charge in [-0.1, -0.05) is 76.2 Å². The Balaban J connectivity index is 1.82. The van der Waals surface area contributed by atoms with Crippen LogP contribution >= 0.6 is 11.3 Å². The van der Waals surface area contributed by atoms with Crippen molar-refractivity contribution in [2.45, 2.75) is 39.5 Å². The van der Waals surface area contributed by atoms with Gasteiger partial charge >= 0.3 is 0 Å². The molecule has 5 heteroatoms. The first-order valence-corrected chi connectivity index (χ1v) is 10.4. The largest absolute Gasteiger partial charge is 0.238 e. The summed E-state index contributed by atoms with van der Waals surface area (Å²) in [6.07, 6.45) is 0. The van der Waals surface area contributed by atoms with Crippen LogP contribution in [0, 0.1) is 0 Å². The molecule has 0 fully saturated rings. The van der Waals surface area contributed by atoms with Gasteiger partial charge in [-0.05, 0) is 50.6 Å². The number of hydrogen-bond donors (Lipinski definition) is 1. The van der Waals surface area contributed by atoms with Gasteiger partial charge < -0.3 is 0 Å². The van der Waals surface area contributed by atoms with Crippen LogP contribution < -0.4 is 0 Å². The maximum atomic E-state index is 4.10. The third-order valence-electron chi connectivity index (χ3n) is 5.04. The molecule has 0 amide bonds. The van der Waals surface area contributed by atoms with Gasteiger partial charge in [0.2, 0.25) is 0 Å². The molecule has 2 aromatic heterocycles. The molecule has 1 N–H and O–H groups in total. The summed E-state index contributed by atoms with van der Waals surface area (Å²) in [5, 5.41) is 14.4. The van der Waals surface area contributed by atoms with Crippen LogP contribution in [-0.2, 0) is 0 Å². The van der Waals surface area contributed by atoms with Crippen LogP contribution in [0.15, 0.2) is 54.6 Å². The van der Waals surface area contributed by atoms with Gasteiger partial charge in [-0.15, -0.1) is 16.4 Å². The fourth-order valence-electron chi connectivity index (χ4n) is 3.27. The lowest BCUT2D eigenvalue weighted by molar-refractivity contribution is 0.867. The summed E-state index contributed by atoms with van der Waals surface area (Å²) in [4.78, 5) is 2.27. The Bertz CT molecular complexity index is 974. The maximum Gasteiger partial charge on any atom is 0.189 e. The van der Waals surface area contributed by atoms with Gasteiger partial charge in [0.05, 0.1) is 4.88 Å². The van der Waals surface area contributed by atoms with Crippen molar-refractivity contribution in [3.8, 4) is 32.3 Å². The number of rotatable bonds is 5. The van der Waals surface area contributed by atoms with E-state index in [1.165, 1.54) is 32.7 Å². The molecule has 0 saturated carbocycles. The fraction of sp³-hybridized carbons (Fsp3) is 0.261. The molecule has 0 aliphatic carbocycles. The summed E-state index contributed by atoms with van der Waals surface area (Å²) in [5.41, 5.74) is 6.34. The highest BCUT2D eigenvalue weighted by atomic mass is 32.1. The number of nitrogens with zero attached hydrogens (tertiary/aromatic N) is 3. The predicted octanol–water partition coefficient (Wildman–Crippen LogP) is 6.51. The van der Waals surface area contributed by atoms with Crippen molar-refractivity contribution in [2.75, 3.05) is 0 Å². The van der Waals surface area contributed by atoms with E-state index in [0.717, 1.165) is 4.88 Å². The van der Waals surface area contributed by atoms with E-state index in [2.05, 4.69) is 103 Å². The quantitative estimate of drug-likeness (QED) is 0.424. The average molecular weight is 389 g/mol. The molecule has 0 unspecified atom stereocenters. The molecule has 2 heterocycles. The molecule has 0 aliphatic heterocycles. The van der Waals surface area contributed by atoms with Crippen molar-refractivity contribution in [3.63, 3.8) is 0 Å². The zero-order valence-electron chi connectivity index (χ0n) is 16.6. The van der Waals surface area contributed by atoms with Crippen molar-refractivity contribution < 1.29 is 0 Å². The summed E-state index contributed by atoms with van der Waals surface area (Å²) in [7, 11) is 0. The van der Waals surface area contributed by atoms with Crippen LogP contribution in [0.3, 0.4) is 0 Å². The predicted molar refractivity (Wildman–Crippen MR) is 117 cm³/mol. The van der Waals surface area contributed by atoms with Crippen molar-refractivity contribution in [1.29, 1.82) is 0 Å². The number of thiophene rings is 1. The van der Waals surface area contributed by atoms with Gasteiger partial charge in [-0.2, -0.15) is 0 Å². The van der Waals surface area contributed by atoms with Gasteiger partial charge in [0.1, 0.15) is 0 Å². The van der Waals surface area contributed by atoms with Crippen LogP contribution in [0.2, 0.25) is 0 Å². The smallest absolute Gasteiger partial charge is 0.189 e. The molecule has 0 spiro atoms. The molecule has 0 radical (unpaired) electrons. The molecular weight excluding hydrogens is 364 g/mol. The summed E-state index contributed by atoms with van der Waals surface area (Å²) < 4.78 is 0. The van der Waals surface area contributed by atoms with Crippen LogP contribution in [-0.4, -0.2) is 20.6 Å². The Morgan fingerprint density at radius 2 is 1.36 bits per heavy atom. The van der Waals surface area contributed by atoms with Gasteiger partial charge in [-0.25, -0.2) is 5.10 Å². The van der Waals surface area contributed by atoms with E-state index in [-0.39, 0.29) is 0 Å². The van der Waals surface area contributed by atoms with Gasteiger partial charge in [0, 0.05) is 10.4 Å². The molecular formula is C23H24N4S. The third kappa shape index (κ3) is 3.62. The Labute approximate surface area is 169 Å². The van der Waals surface area contributed by atoms with Crippen molar-refractivity contribution in [1.82, 2.24) is 20.6 Å². The second-order valence-corrected chi connectivity index (χ2v) is 8.71. The maximum absolute atomic E-state index is 4.10. The number of aromatic amines is 1. The van der Waals surface area contributed by atoms with E-state index in [4.69, 9.17) is 0 Å². The monoisotopic (exact) mass is 388 g/mol. The zero-order chi connectivity index (χ0) is 19.7. The lowest BCUT2D eigenvalue weighted by atomic mass is 9.96. The molecule has 4 aromatic rings. The lowest BCUT2D eigenvalue weighted by Gasteiger charge is -2.09.